The predicted molar refractivity (Wildman–Crippen MR) is 69.4 cm³/mol. The Labute approximate surface area is 110 Å². The van der Waals surface area contributed by atoms with Crippen LogP contribution in [0.15, 0.2) is 35.7 Å². The Bertz CT molecular complexity index is 591. The number of hydrogen-bond donors (Lipinski definition) is 2. The van der Waals surface area contributed by atoms with Crippen molar-refractivity contribution in [1.29, 1.82) is 0 Å². The van der Waals surface area contributed by atoms with E-state index in [0.717, 1.165) is 0 Å². The summed E-state index contributed by atoms with van der Waals surface area (Å²) in [5.41, 5.74) is 5.81. The lowest BCUT2D eigenvalue weighted by Crippen LogP contribution is -2.14. The van der Waals surface area contributed by atoms with Gasteiger partial charge in [-0.2, -0.15) is 5.10 Å². The Morgan fingerprint density at radius 2 is 2.26 bits per heavy atom. The van der Waals surface area contributed by atoms with Crippen LogP contribution in [0.2, 0.25) is 0 Å². The number of hydrogen-bond acceptors (Lipinski definition) is 5. The van der Waals surface area contributed by atoms with Crippen LogP contribution >= 0.6 is 0 Å². The lowest BCUT2D eigenvalue weighted by Gasteiger charge is -2.04. The number of nitrogens with zero attached hydrogens (tertiary/aromatic N) is 4. The average Bonchev–Trinajstić information content (AvgIpc) is 2.87. The normalized spacial score (nSPS) is 11.8. The molecule has 19 heavy (non-hydrogen) atoms. The zero-order chi connectivity index (χ0) is 13.8. The molecular weight excluding hydrogens is 246 g/mol. The number of amidine groups is 1. The third-order valence-electron chi connectivity index (χ3n) is 2.42. The first-order chi connectivity index (χ1) is 9.10. The van der Waals surface area contributed by atoms with Crippen LogP contribution in [0, 0.1) is 0 Å². The highest BCUT2D eigenvalue weighted by atomic mass is 16.5. The third kappa shape index (κ3) is 3.01. The quantitative estimate of drug-likeness (QED) is 0.378. The van der Waals surface area contributed by atoms with Crippen LogP contribution in [-0.4, -0.2) is 25.8 Å². The number of rotatable bonds is 4. The summed E-state index contributed by atoms with van der Waals surface area (Å²) in [7, 11) is 0. The second kappa shape index (κ2) is 5.38. The van der Waals surface area contributed by atoms with E-state index in [1.165, 1.54) is 0 Å². The second-order valence-electron chi connectivity index (χ2n) is 4.20. The minimum atomic E-state index is -0.0664. The molecule has 0 saturated carbocycles. The van der Waals surface area contributed by atoms with Gasteiger partial charge in [0, 0.05) is 12.1 Å². The summed E-state index contributed by atoms with van der Waals surface area (Å²) in [6.07, 6.45) is 3.39. The van der Waals surface area contributed by atoms with Crippen LogP contribution in [0.5, 0.6) is 11.6 Å². The van der Waals surface area contributed by atoms with E-state index in [9.17, 15) is 0 Å². The van der Waals surface area contributed by atoms with Gasteiger partial charge in [0.2, 0.25) is 5.88 Å². The first kappa shape index (κ1) is 12.9. The van der Waals surface area contributed by atoms with E-state index in [1.54, 1.807) is 35.3 Å². The fraction of sp³-hybridized carbons (Fsp3) is 0.250. The summed E-state index contributed by atoms with van der Waals surface area (Å²) in [6, 6.07) is 5.27. The van der Waals surface area contributed by atoms with Crippen molar-refractivity contribution in [3.8, 4) is 11.6 Å². The third-order valence-corrected chi connectivity index (χ3v) is 2.42. The van der Waals surface area contributed by atoms with Crippen molar-refractivity contribution >= 4 is 5.84 Å². The number of ether oxygens (including phenoxy) is 1. The molecule has 7 nitrogen and oxygen atoms in total. The molecule has 0 aliphatic carbocycles. The number of pyridine rings is 1. The molecule has 100 valence electrons. The molecule has 0 saturated heterocycles. The lowest BCUT2D eigenvalue weighted by atomic mass is 10.3. The van der Waals surface area contributed by atoms with Crippen molar-refractivity contribution < 1.29 is 9.94 Å². The highest BCUT2D eigenvalue weighted by Crippen LogP contribution is 2.20. The highest BCUT2D eigenvalue weighted by molar-refractivity contribution is 5.95. The van der Waals surface area contributed by atoms with E-state index in [0.29, 0.717) is 17.3 Å². The smallest absolute Gasteiger partial charge is 0.220 e. The standard InChI is InChI=1S/C12H15N5O2/c1-8(2)17-7-9(6-14-17)19-11-5-3-4-10(15-11)12(13)16-18/h3-8,18H,1-2H3,(H2,13,16). The Morgan fingerprint density at radius 3 is 2.89 bits per heavy atom. The molecule has 3 N–H and O–H groups in total. The summed E-state index contributed by atoms with van der Waals surface area (Å²) in [5.74, 6) is 0.869. The maximum absolute atomic E-state index is 8.60. The van der Waals surface area contributed by atoms with Crippen LogP contribution in [0.1, 0.15) is 25.6 Å². The zero-order valence-electron chi connectivity index (χ0n) is 10.7. The molecule has 2 rings (SSSR count). The van der Waals surface area contributed by atoms with Crippen molar-refractivity contribution in [3.05, 3.63) is 36.3 Å². The minimum Gasteiger partial charge on any atom is -0.436 e. The zero-order valence-corrected chi connectivity index (χ0v) is 10.7. The monoisotopic (exact) mass is 261 g/mol. The van der Waals surface area contributed by atoms with Crippen LogP contribution < -0.4 is 10.5 Å². The van der Waals surface area contributed by atoms with Crippen LogP contribution in [0.4, 0.5) is 0 Å². The number of nitrogens with two attached hydrogens (primary N) is 1. The molecule has 0 amide bonds. The van der Waals surface area contributed by atoms with Gasteiger partial charge in [-0.15, -0.1) is 0 Å². The average molecular weight is 261 g/mol. The van der Waals surface area contributed by atoms with Crippen LogP contribution in [0.3, 0.4) is 0 Å². The van der Waals surface area contributed by atoms with E-state index < -0.39 is 0 Å². The molecule has 0 spiro atoms. The summed E-state index contributed by atoms with van der Waals surface area (Å²) in [5, 5.41) is 15.7. The van der Waals surface area contributed by atoms with Crippen molar-refractivity contribution in [2.75, 3.05) is 0 Å². The largest absolute Gasteiger partial charge is 0.436 e. The molecule has 0 unspecified atom stereocenters. The molecule has 7 heteroatoms. The van der Waals surface area contributed by atoms with Crippen molar-refractivity contribution in [2.24, 2.45) is 10.9 Å². The lowest BCUT2D eigenvalue weighted by molar-refractivity contribution is 0.318. The van der Waals surface area contributed by atoms with Gasteiger partial charge < -0.3 is 15.7 Å². The molecule has 0 aromatic carbocycles. The summed E-state index contributed by atoms with van der Waals surface area (Å²) >= 11 is 0. The SMILES string of the molecule is CC(C)n1cc(Oc2cccc(/C(N)=N/O)n2)cn1. The van der Waals surface area contributed by atoms with Crippen molar-refractivity contribution in [2.45, 2.75) is 19.9 Å². The van der Waals surface area contributed by atoms with Gasteiger partial charge in [-0.1, -0.05) is 11.2 Å². The maximum Gasteiger partial charge on any atom is 0.220 e. The van der Waals surface area contributed by atoms with Gasteiger partial charge in [-0.25, -0.2) is 4.98 Å². The fourth-order valence-corrected chi connectivity index (χ4v) is 1.44. The van der Waals surface area contributed by atoms with E-state index in [4.69, 9.17) is 15.7 Å². The molecule has 0 fully saturated rings. The van der Waals surface area contributed by atoms with Gasteiger partial charge in [0.25, 0.3) is 0 Å². The molecule has 0 aliphatic heterocycles. The summed E-state index contributed by atoms with van der Waals surface area (Å²) in [6.45, 7) is 4.04. The minimum absolute atomic E-state index is 0.0664. The van der Waals surface area contributed by atoms with Crippen LogP contribution in [0.25, 0.3) is 0 Å². The van der Waals surface area contributed by atoms with Crippen molar-refractivity contribution in [1.82, 2.24) is 14.8 Å². The van der Waals surface area contributed by atoms with Gasteiger partial charge >= 0.3 is 0 Å². The Balaban J connectivity index is 2.18. The van der Waals surface area contributed by atoms with Gasteiger partial charge in [0.15, 0.2) is 11.6 Å². The fourth-order valence-electron chi connectivity index (χ4n) is 1.44. The Hall–Kier alpha value is -2.57. The van der Waals surface area contributed by atoms with Gasteiger partial charge in [0.05, 0.1) is 12.4 Å². The predicted octanol–water partition coefficient (Wildman–Crippen LogP) is 1.75. The molecule has 2 heterocycles. The molecule has 0 radical (unpaired) electrons. The van der Waals surface area contributed by atoms with Gasteiger partial charge in [-0.05, 0) is 19.9 Å². The Kier molecular flexibility index (Phi) is 3.65. The molecule has 0 atom stereocenters. The molecular formula is C12H15N5O2. The number of aromatic nitrogens is 3. The van der Waals surface area contributed by atoms with Gasteiger partial charge in [-0.3, -0.25) is 4.68 Å². The second-order valence-corrected chi connectivity index (χ2v) is 4.20. The van der Waals surface area contributed by atoms with E-state index >= 15 is 0 Å². The first-order valence-electron chi connectivity index (χ1n) is 5.77. The topological polar surface area (TPSA) is 98.5 Å². The van der Waals surface area contributed by atoms with Gasteiger partial charge in [0.1, 0.15) is 5.69 Å². The first-order valence-corrected chi connectivity index (χ1v) is 5.77. The molecule has 0 bridgehead atoms. The Morgan fingerprint density at radius 1 is 1.47 bits per heavy atom. The molecule has 2 aromatic heterocycles. The molecule has 0 aliphatic rings. The van der Waals surface area contributed by atoms with Crippen LogP contribution in [-0.2, 0) is 0 Å². The highest BCUT2D eigenvalue weighted by Gasteiger charge is 2.07. The number of oxime groups is 1. The maximum atomic E-state index is 8.60. The van der Waals surface area contributed by atoms with E-state index in [1.807, 2.05) is 13.8 Å². The summed E-state index contributed by atoms with van der Waals surface area (Å²) < 4.78 is 7.34. The van der Waals surface area contributed by atoms with E-state index in [-0.39, 0.29) is 11.9 Å². The summed E-state index contributed by atoms with van der Waals surface area (Å²) in [4.78, 5) is 4.12. The van der Waals surface area contributed by atoms with E-state index in [2.05, 4.69) is 15.2 Å². The molecule has 2 aromatic rings. The van der Waals surface area contributed by atoms with Crippen molar-refractivity contribution in [3.63, 3.8) is 0 Å².